The highest BCUT2D eigenvalue weighted by Gasteiger charge is 2.19. The summed E-state index contributed by atoms with van der Waals surface area (Å²) in [5.41, 5.74) is 6.41. The second-order valence-electron chi connectivity index (χ2n) is 9.01. The number of hydrogen-bond acceptors (Lipinski definition) is 7. The van der Waals surface area contributed by atoms with Crippen LogP contribution < -0.4 is 20.1 Å². The number of carbonyl (C=O) groups excluding carboxylic acids is 1. The number of thiophene rings is 1. The number of aromatic nitrogens is 2. The molecule has 0 aliphatic rings. The SMILES string of the molecule is CCOc1cc(Nc2ncnc3scc(-c4ccc(C)c(C)c4)c23)c(OCC)cc1NC(=O)c1ccccc1. The van der Waals surface area contributed by atoms with Crippen LogP contribution in [-0.2, 0) is 0 Å². The third kappa shape index (κ3) is 5.56. The van der Waals surface area contributed by atoms with E-state index in [1.807, 2.05) is 38.1 Å². The predicted molar refractivity (Wildman–Crippen MR) is 159 cm³/mol. The molecule has 2 heterocycles. The van der Waals surface area contributed by atoms with Gasteiger partial charge in [0, 0.05) is 28.6 Å². The third-order valence-corrected chi connectivity index (χ3v) is 7.29. The summed E-state index contributed by atoms with van der Waals surface area (Å²) in [4.78, 5) is 22.9. The van der Waals surface area contributed by atoms with Gasteiger partial charge in [0.1, 0.15) is 28.5 Å². The Morgan fingerprint density at radius 3 is 2.31 bits per heavy atom. The minimum Gasteiger partial charge on any atom is -0.492 e. The number of nitrogens with one attached hydrogen (secondary N) is 2. The molecule has 0 saturated heterocycles. The summed E-state index contributed by atoms with van der Waals surface area (Å²) in [6.07, 6.45) is 1.56. The summed E-state index contributed by atoms with van der Waals surface area (Å²) in [6, 6.07) is 19.1. The van der Waals surface area contributed by atoms with Crippen molar-refractivity contribution in [2.24, 2.45) is 0 Å². The van der Waals surface area contributed by atoms with Crippen LogP contribution in [0.1, 0.15) is 35.3 Å². The van der Waals surface area contributed by atoms with E-state index in [9.17, 15) is 4.79 Å². The summed E-state index contributed by atoms with van der Waals surface area (Å²) in [5.74, 6) is 1.53. The van der Waals surface area contributed by atoms with Gasteiger partial charge in [0.05, 0.1) is 30.0 Å². The predicted octanol–water partition coefficient (Wildman–Crippen LogP) is 7.77. The number of fused-ring (bicyclic) bond motifs is 1. The highest BCUT2D eigenvalue weighted by molar-refractivity contribution is 7.17. The number of benzene rings is 3. The number of nitrogens with zero attached hydrogens (tertiary/aromatic N) is 2. The Balaban J connectivity index is 1.56. The van der Waals surface area contributed by atoms with Gasteiger partial charge in [0.15, 0.2) is 0 Å². The second-order valence-corrected chi connectivity index (χ2v) is 9.86. The van der Waals surface area contributed by atoms with Crippen molar-refractivity contribution in [3.63, 3.8) is 0 Å². The molecule has 0 spiro atoms. The van der Waals surface area contributed by atoms with E-state index in [1.54, 1.807) is 35.9 Å². The zero-order chi connectivity index (χ0) is 27.4. The fraction of sp³-hybridized carbons (Fsp3) is 0.194. The maximum absolute atomic E-state index is 12.9. The Kier molecular flexibility index (Phi) is 7.74. The van der Waals surface area contributed by atoms with Gasteiger partial charge in [-0.1, -0.05) is 36.4 Å². The Morgan fingerprint density at radius 2 is 1.59 bits per heavy atom. The normalized spacial score (nSPS) is 10.9. The summed E-state index contributed by atoms with van der Waals surface area (Å²) in [5, 5.41) is 9.50. The summed E-state index contributed by atoms with van der Waals surface area (Å²) >= 11 is 1.58. The molecule has 0 aliphatic heterocycles. The lowest BCUT2D eigenvalue weighted by Gasteiger charge is -2.18. The molecule has 0 atom stereocenters. The topological polar surface area (TPSA) is 85.4 Å². The fourth-order valence-electron chi connectivity index (χ4n) is 4.31. The van der Waals surface area contributed by atoms with E-state index in [0.29, 0.717) is 47.5 Å². The van der Waals surface area contributed by atoms with Crippen molar-refractivity contribution in [1.82, 2.24) is 9.97 Å². The smallest absolute Gasteiger partial charge is 0.255 e. The molecule has 0 fully saturated rings. The van der Waals surface area contributed by atoms with Crippen molar-refractivity contribution in [3.8, 4) is 22.6 Å². The molecule has 5 rings (SSSR count). The third-order valence-electron chi connectivity index (χ3n) is 6.41. The van der Waals surface area contributed by atoms with Crippen molar-refractivity contribution in [1.29, 1.82) is 0 Å². The van der Waals surface area contributed by atoms with Crippen LogP contribution in [0, 0.1) is 13.8 Å². The molecule has 3 aromatic carbocycles. The molecular weight excluding hydrogens is 508 g/mol. The molecule has 0 aliphatic carbocycles. The van der Waals surface area contributed by atoms with Crippen molar-refractivity contribution >= 4 is 44.7 Å². The number of ether oxygens (including phenoxy) is 2. The van der Waals surface area contributed by atoms with E-state index in [0.717, 1.165) is 21.3 Å². The zero-order valence-corrected chi connectivity index (χ0v) is 23.2. The lowest BCUT2D eigenvalue weighted by molar-refractivity contribution is 0.102. The fourth-order valence-corrected chi connectivity index (χ4v) is 5.22. The van der Waals surface area contributed by atoms with Crippen molar-refractivity contribution in [2.75, 3.05) is 23.8 Å². The van der Waals surface area contributed by atoms with E-state index in [4.69, 9.17) is 9.47 Å². The van der Waals surface area contributed by atoms with Gasteiger partial charge in [0.2, 0.25) is 0 Å². The van der Waals surface area contributed by atoms with Gasteiger partial charge < -0.3 is 20.1 Å². The van der Waals surface area contributed by atoms with E-state index >= 15 is 0 Å². The molecule has 8 heteroatoms. The first kappa shape index (κ1) is 26.2. The summed E-state index contributed by atoms with van der Waals surface area (Å²) in [7, 11) is 0. The Labute approximate surface area is 231 Å². The highest BCUT2D eigenvalue weighted by Crippen LogP contribution is 2.42. The Morgan fingerprint density at radius 1 is 0.872 bits per heavy atom. The lowest BCUT2D eigenvalue weighted by Crippen LogP contribution is -2.13. The molecule has 2 aromatic heterocycles. The second kappa shape index (κ2) is 11.5. The van der Waals surface area contributed by atoms with Gasteiger partial charge >= 0.3 is 0 Å². The van der Waals surface area contributed by atoms with Gasteiger partial charge in [0.25, 0.3) is 5.91 Å². The number of hydrogen-bond donors (Lipinski definition) is 2. The van der Waals surface area contributed by atoms with Crippen LogP contribution in [0.2, 0.25) is 0 Å². The molecule has 1 amide bonds. The first-order chi connectivity index (χ1) is 19.0. The molecule has 5 aromatic rings. The van der Waals surface area contributed by atoms with Gasteiger partial charge in [-0.2, -0.15) is 0 Å². The standard InChI is InChI=1S/C31H30N4O3S/c1-5-37-26-16-25(35-30(36)21-10-8-7-9-11-21)27(38-6-2)15-24(26)34-29-28-23(17-39-31(28)33-18-32-29)22-13-12-19(3)20(4)14-22/h7-18H,5-6H2,1-4H3,(H,35,36)(H,32,33,34). The van der Waals surface area contributed by atoms with Crippen molar-refractivity contribution < 1.29 is 14.3 Å². The number of amides is 1. The Hall–Kier alpha value is -4.43. The van der Waals surface area contributed by atoms with Gasteiger partial charge in [-0.05, 0) is 56.5 Å². The lowest BCUT2D eigenvalue weighted by atomic mass is 10.0. The van der Waals surface area contributed by atoms with Crippen LogP contribution >= 0.6 is 11.3 Å². The van der Waals surface area contributed by atoms with E-state index in [1.165, 1.54) is 11.1 Å². The van der Waals surface area contributed by atoms with Gasteiger partial charge in [-0.15, -0.1) is 11.3 Å². The minimum absolute atomic E-state index is 0.228. The van der Waals surface area contributed by atoms with Crippen LogP contribution in [0.4, 0.5) is 17.2 Å². The number of carbonyl (C=O) groups is 1. The van der Waals surface area contributed by atoms with Crippen LogP contribution in [-0.4, -0.2) is 29.1 Å². The molecular formula is C31H30N4O3S. The number of rotatable bonds is 9. The molecule has 198 valence electrons. The van der Waals surface area contributed by atoms with Crippen LogP contribution in [0.3, 0.4) is 0 Å². The zero-order valence-electron chi connectivity index (χ0n) is 22.4. The number of aryl methyl sites for hydroxylation is 2. The summed E-state index contributed by atoms with van der Waals surface area (Å²) < 4.78 is 11.9. The highest BCUT2D eigenvalue weighted by atomic mass is 32.1. The molecule has 0 unspecified atom stereocenters. The van der Waals surface area contributed by atoms with E-state index in [-0.39, 0.29) is 5.91 Å². The van der Waals surface area contributed by atoms with E-state index < -0.39 is 0 Å². The van der Waals surface area contributed by atoms with Gasteiger partial charge in [-0.25, -0.2) is 9.97 Å². The largest absolute Gasteiger partial charge is 0.492 e. The number of anilines is 3. The van der Waals surface area contributed by atoms with Gasteiger partial charge in [-0.3, -0.25) is 4.79 Å². The average Bonchev–Trinajstić information content (AvgIpc) is 3.38. The molecule has 2 N–H and O–H groups in total. The Bertz CT molecular complexity index is 1630. The van der Waals surface area contributed by atoms with Crippen molar-refractivity contribution in [2.45, 2.75) is 27.7 Å². The van der Waals surface area contributed by atoms with Crippen LogP contribution in [0.15, 0.2) is 72.4 Å². The van der Waals surface area contributed by atoms with Crippen LogP contribution in [0.25, 0.3) is 21.3 Å². The monoisotopic (exact) mass is 538 g/mol. The van der Waals surface area contributed by atoms with Crippen LogP contribution in [0.5, 0.6) is 11.5 Å². The molecule has 0 bridgehead atoms. The maximum atomic E-state index is 12.9. The summed E-state index contributed by atoms with van der Waals surface area (Å²) in [6.45, 7) is 8.92. The first-order valence-corrected chi connectivity index (χ1v) is 13.7. The molecule has 0 saturated carbocycles. The average molecular weight is 539 g/mol. The first-order valence-electron chi connectivity index (χ1n) is 12.8. The molecule has 7 nitrogen and oxygen atoms in total. The molecule has 0 radical (unpaired) electrons. The quantitative estimate of drug-likeness (QED) is 0.199. The van der Waals surface area contributed by atoms with Crippen molar-refractivity contribution in [3.05, 3.63) is 89.1 Å². The maximum Gasteiger partial charge on any atom is 0.255 e. The minimum atomic E-state index is -0.228. The molecule has 39 heavy (non-hydrogen) atoms. The van der Waals surface area contributed by atoms with E-state index in [2.05, 4.69) is 58.0 Å².